The molecule has 0 unspecified atom stereocenters. The normalized spacial score (nSPS) is 9.94. The van der Waals surface area contributed by atoms with E-state index >= 15 is 0 Å². The van der Waals surface area contributed by atoms with Crippen LogP contribution in [-0.2, 0) is 0 Å². The first-order valence-corrected chi connectivity index (χ1v) is 6.40. The van der Waals surface area contributed by atoms with Gasteiger partial charge in [-0.05, 0) is 25.5 Å². The molecule has 4 heteroatoms. The SMILES string of the molecule is Cc1ccc(NC(=O)N(C)CCCBr)cc1. The number of urea groups is 1. The van der Waals surface area contributed by atoms with E-state index in [-0.39, 0.29) is 6.03 Å². The smallest absolute Gasteiger partial charge is 0.321 e. The maximum atomic E-state index is 11.7. The van der Waals surface area contributed by atoms with Crippen molar-refractivity contribution in [1.82, 2.24) is 4.90 Å². The Bertz CT molecular complexity index is 337. The first kappa shape index (κ1) is 13.0. The van der Waals surface area contributed by atoms with Gasteiger partial charge in [-0.15, -0.1) is 0 Å². The number of aryl methyl sites for hydroxylation is 1. The van der Waals surface area contributed by atoms with Gasteiger partial charge in [0.15, 0.2) is 0 Å². The van der Waals surface area contributed by atoms with Gasteiger partial charge in [0.2, 0.25) is 0 Å². The Morgan fingerprint density at radius 2 is 2.00 bits per heavy atom. The lowest BCUT2D eigenvalue weighted by molar-refractivity contribution is 0.222. The second-order valence-electron chi connectivity index (χ2n) is 3.76. The Kier molecular flexibility index (Phi) is 5.32. The first-order valence-electron chi connectivity index (χ1n) is 5.28. The van der Waals surface area contributed by atoms with Crippen molar-refractivity contribution in [2.24, 2.45) is 0 Å². The van der Waals surface area contributed by atoms with Gasteiger partial charge in [0.05, 0.1) is 0 Å². The maximum Gasteiger partial charge on any atom is 0.321 e. The summed E-state index contributed by atoms with van der Waals surface area (Å²) in [6.07, 6.45) is 0.956. The van der Waals surface area contributed by atoms with Crippen molar-refractivity contribution in [3.05, 3.63) is 29.8 Å². The predicted octanol–water partition coefficient (Wildman–Crippen LogP) is 3.24. The Morgan fingerprint density at radius 3 is 2.56 bits per heavy atom. The molecule has 3 nitrogen and oxygen atoms in total. The minimum Gasteiger partial charge on any atom is -0.328 e. The molecular weight excluding hydrogens is 268 g/mol. The van der Waals surface area contributed by atoms with Gasteiger partial charge in [0.1, 0.15) is 0 Å². The van der Waals surface area contributed by atoms with Crippen LogP contribution in [0.3, 0.4) is 0 Å². The molecule has 0 aliphatic heterocycles. The topological polar surface area (TPSA) is 32.3 Å². The lowest BCUT2D eigenvalue weighted by Gasteiger charge is -2.17. The first-order chi connectivity index (χ1) is 7.63. The summed E-state index contributed by atoms with van der Waals surface area (Å²) in [5, 5.41) is 3.76. The highest BCUT2D eigenvalue weighted by Crippen LogP contribution is 2.09. The molecule has 0 aliphatic carbocycles. The fourth-order valence-corrected chi connectivity index (χ4v) is 1.51. The number of alkyl halides is 1. The van der Waals surface area contributed by atoms with Crippen molar-refractivity contribution in [2.75, 3.05) is 24.2 Å². The van der Waals surface area contributed by atoms with Gasteiger partial charge in [0, 0.05) is 24.6 Å². The molecule has 0 fully saturated rings. The van der Waals surface area contributed by atoms with Crippen LogP contribution >= 0.6 is 15.9 Å². The van der Waals surface area contributed by atoms with Crippen LogP contribution in [0.15, 0.2) is 24.3 Å². The van der Waals surface area contributed by atoms with Crippen molar-refractivity contribution >= 4 is 27.6 Å². The lowest BCUT2D eigenvalue weighted by atomic mass is 10.2. The molecule has 0 saturated carbocycles. The van der Waals surface area contributed by atoms with E-state index in [9.17, 15) is 4.79 Å². The molecule has 0 heterocycles. The summed E-state index contributed by atoms with van der Waals surface area (Å²) in [5.41, 5.74) is 2.02. The minimum atomic E-state index is -0.0650. The molecule has 1 N–H and O–H groups in total. The largest absolute Gasteiger partial charge is 0.328 e. The number of carbonyl (C=O) groups excluding carboxylic acids is 1. The molecule has 0 spiro atoms. The van der Waals surface area contributed by atoms with Gasteiger partial charge in [0.25, 0.3) is 0 Å². The second kappa shape index (κ2) is 6.53. The van der Waals surface area contributed by atoms with Crippen LogP contribution in [0.4, 0.5) is 10.5 Å². The molecule has 88 valence electrons. The van der Waals surface area contributed by atoms with Crippen molar-refractivity contribution < 1.29 is 4.79 Å². The summed E-state index contributed by atoms with van der Waals surface area (Å²) < 4.78 is 0. The molecular formula is C12H17BrN2O. The molecule has 16 heavy (non-hydrogen) atoms. The zero-order valence-electron chi connectivity index (χ0n) is 9.66. The van der Waals surface area contributed by atoms with Crippen LogP contribution in [0, 0.1) is 6.92 Å². The number of hydrogen-bond acceptors (Lipinski definition) is 1. The number of halogens is 1. The van der Waals surface area contributed by atoms with Crippen LogP contribution in [0.2, 0.25) is 0 Å². The van der Waals surface area contributed by atoms with E-state index in [1.807, 2.05) is 31.2 Å². The quantitative estimate of drug-likeness (QED) is 0.846. The Morgan fingerprint density at radius 1 is 1.38 bits per heavy atom. The highest BCUT2D eigenvalue weighted by atomic mass is 79.9. The van der Waals surface area contributed by atoms with Gasteiger partial charge in [-0.2, -0.15) is 0 Å². The molecule has 1 aromatic carbocycles. The fourth-order valence-electron chi connectivity index (χ4n) is 1.25. The number of nitrogens with zero attached hydrogens (tertiary/aromatic N) is 1. The van der Waals surface area contributed by atoms with Gasteiger partial charge < -0.3 is 10.2 Å². The lowest BCUT2D eigenvalue weighted by Crippen LogP contribution is -2.32. The molecule has 1 rings (SSSR count). The van der Waals surface area contributed by atoms with E-state index in [2.05, 4.69) is 21.2 Å². The third-order valence-corrected chi connectivity index (χ3v) is 2.84. The van der Waals surface area contributed by atoms with Gasteiger partial charge in [-0.3, -0.25) is 0 Å². The number of amides is 2. The van der Waals surface area contributed by atoms with Crippen LogP contribution in [0.1, 0.15) is 12.0 Å². The Labute approximate surface area is 105 Å². The van der Waals surface area contributed by atoms with Crippen LogP contribution in [-0.4, -0.2) is 29.9 Å². The Balaban J connectivity index is 2.47. The highest BCUT2D eigenvalue weighted by molar-refractivity contribution is 9.09. The summed E-state index contributed by atoms with van der Waals surface area (Å²) in [4.78, 5) is 13.4. The number of nitrogens with one attached hydrogen (secondary N) is 1. The summed E-state index contributed by atoms with van der Waals surface area (Å²) >= 11 is 3.34. The molecule has 1 aromatic rings. The average Bonchev–Trinajstić information content (AvgIpc) is 2.29. The van der Waals surface area contributed by atoms with E-state index in [0.29, 0.717) is 0 Å². The summed E-state index contributed by atoms with van der Waals surface area (Å²) in [5.74, 6) is 0. The van der Waals surface area contributed by atoms with Crippen LogP contribution in [0.25, 0.3) is 0 Å². The number of benzene rings is 1. The van der Waals surface area contributed by atoms with Crippen LogP contribution in [0.5, 0.6) is 0 Å². The molecule has 0 aromatic heterocycles. The number of anilines is 1. The molecule has 0 radical (unpaired) electrons. The van der Waals surface area contributed by atoms with Crippen molar-refractivity contribution in [2.45, 2.75) is 13.3 Å². The summed E-state index contributed by atoms with van der Waals surface area (Å²) in [6.45, 7) is 2.77. The van der Waals surface area contributed by atoms with Crippen LogP contribution < -0.4 is 5.32 Å². The predicted molar refractivity (Wildman–Crippen MR) is 71.2 cm³/mol. The third-order valence-electron chi connectivity index (χ3n) is 2.28. The van der Waals surface area contributed by atoms with E-state index in [1.54, 1.807) is 11.9 Å². The summed E-state index contributed by atoms with van der Waals surface area (Å²) in [6, 6.07) is 7.71. The number of carbonyl (C=O) groups is 1. The van der Waals surface area contributed by atoms with E-state index in [1.165, 1.54) is 5.56 Å². The highest BCUT2D eigenvalue weighted by Gasteiger charge is 2.07. The van der Waals surface area contributed by atoms with Gasteiger partial charge in [-0.25, -0.2) is 4.79 Å². The third kappa shape index (κ3) is 4.23. The fraction of sp³-hybridized carbons (Fsp3) is 0.417. The zero-order valence-corrected chi connectivity index (χ0v) is 11.3. The number of rotatable bonds is 4. The number of hydrogen-bond donors (Lipinski definition) is 1. The molecule has 0 bridgehead atoms. The molecule has 2 amide bonds. The Hall–Kier alpha value is -1.03. The zero-order chi connectivity index (χ0) is 12.0. The van der Waals surface area contributed by atoms with Crippen molar-refractivity contribution in [1.29, 1.82) is 0 Å². The van der Waals surface area contributed by atoms with E-state index < -0.39 is 0 Å². The van der Waals surface area contributed by atoms with Crippen molar-refractivity contribution in [3.8, 4) is 0 Å². The van der Waals surface area contributed by atoms with Gasteiger partial charge >= 0.3 is 6.03 Å². The monoisotopic (exact) mass is 284 g/mol. The molecule has 0 saturated heterocycles. The minimum absolute atomic E-state index is 0.0650. The second-order valence-corrected chi connectivity index (χ2v) is 4.55. The van der Waals surface area contributed by atoms with E-state index in [4.69, 9.17) is 0 Å². The molecule has 0 aliphatic rings. The summed E-state index contributed by atoms with van der Waals surface area (Å²) in [7, 11) is 1.80. The maximum absolute atomic E-state index is 11.7. The van der Waals surface area contributed by atoms with E-state index in [0.717, 1.165) is 24.0 Å². The molecule has 0 atom stereocenters. The van der Waals surface area contributed by atoms with Gasteiger partial charge in [-0.1, -0.05) is 33.6 Å². The standard InChI is InChI=1S/C12H17BrN2O/c1-10-4-6-11(7-5-10)14-12(16)15(2)9-3-8-13/h4-7H,3,8-9H2,1-2H3,(H,14,16). The average molecular weight is 285 g/mol. The van der Waals surface area contributed by atoms with Crippen molar-refractivity contribution in [3.63, 3.8) is 0 Å².